The largest absolute Gasteiger partial charge is 0.355 e. The summed E-state index contributed by atoms with van der Waals surface area (Å²) in [7, 11) is 7.27. The van der Waals surface area contributed by atoms with Crippen LogP contribution in [0.3, 0.4) is 0 Å². The van der Waals surface area contributed by atoms with Crippen molar-refractivity contribution in [1.29, 1.82) is 0 Å². The number of carbonyl (C=O) groups is 1. The molecule has 2 N–H and O–H groups in total. The molecule has 8 nitrogen and oxygen atoms in total. The summed E-state index contributed by atoms with van der Waals surface area (Å²) in [6.45, 7) is 1.13. The molecule has 0 atom stereocenters. The van der Waals surface area contributed by atoms with Gasteiger partial charge in [0.2, 0.25) is 5.91 Å². The van der Waals surface area contributed by atoms with Crippen LogP contribution >= 0.6 is 24.0 Å². The lowest BCUT2D eigenvalue weighted by atomic mass is 9.84. The molecule has 1 saturated carbocycles. The highest BCUT2D eigenvalue weighted by molar-refractivity contribution is 14.0. The Labute approximate surface area is 160 Å². The molecule has 0 saturated heterocycles. The Morgan fingerprint density at radius 3 is 2.54 bits per heavy atom. The second-order valence-corrected chi connectivity index (χ2v) is 6.32. The van der Waals surface area contributed by atoms with Crippen molar-refractivity contribution in [2.45, 2.75) is 32.2 Å². The number of rotatable bonds is 5. The van der Waals surface area contributed by atoms with Gasteiger partial charge in [0, 0.05) is 34.7 Å². The van der Waals surface area contributed by atoms with Gasteiger partial charge in [-0.3, -0.25) is 9.79 Å². The van der Waals surface area contributed by atoms with E-state index in [0.29, 0.717) is 19.0 Å². The van der Waals surface area contributed by atoms with E-state index in [4.69, 9.17) is 0 Å². The predicted molar refractivity (Wildman–Crippen MR) is 104 cm³/mol. The quantitative estimate of drug-likeness (QED) is 0.394. The molecule has 0 unspecified atom stereocenters. The molecule has 1 aliphatic rings. The Kier molecular flexibility index (Phi) is 7.91. The summed E-state index contributed by atoms with van der Waals surface area (Å²) in [6.07, 6.45) is 5.73. The number of carbonyl (C=O) groups excluding carboxylic acids is 1. The Balaban J connectivity index is 0.00000288. The van der Waals surface area contributed by atoms with E-state index < -0.39 is 0 Å². The number of nitrogens with one attached hydrogen (secondary N) is 2. The third-order valence-corrected chi connectivity index (χ3v) is 4.46. The lowest BCUT2D eigenvalue weighted by Gasteiger charge is -2.31. The maximum absolute atomic E-state index is 12.6. The molecular formula is C15H28IN7O. The molecule has 0 aliphatic heterocycles. The smallest absolute Gasteiger partial charge is 0.230 e. The topological polar surface area (TPSA) is 87.4 Å². The maximum Gasteiger partial charge on any atom is 0.230 e. The van der Waals surface area contributed by atoms with Crippen molar-refractivity contribution >= 4 is 35.8 Å². The van der Waals surface area contributed by atoms with Gasteiger partial charge in [-0.2, -0.15) is 0 Å². The fourth-order valence-corrected chi connectivity index (χ4v) is 3.10. The van der Waals surface area contributed by atoms with Crippen LogP contribution in [0, 0.1) is 5.41 Å². The lowest BCUT2D eigenvalue weighted by Crippen LogP contribution is -2.49. The van der Waals surface area contributed by atoms with Crippen molar-refractivity contribution in [3.05, 3.63) is 12.2 Å². The summed E-state index contributed by atoms with van der Waals surface area (Å²) in [5.41, 5.74) is -0.314. The van der Waals surface area contributed by atoms with Gasteiger partial charge in [-0.05, 0) is 12.8 Å². The zero-order valence-corrected chi connectivity index (χ0v) is 17.2. The van der Waals surface area contributed by atoms with Gasteiger partial charge in [0.05, 0.1) is 12.0 Å². The van der Waals surface area contributed by atoms with Crippen molar-refractivity contribution in [3.63, 3.8) is 0 Å². The van der Waals surface area contributed by atoms with Crippen LogP contribution in [0.4, 0.5) is 0 Å². The van der Waals surface area contributed by atoms with Crippen molar-refractivity contribution in [2.24, 2.45) is 17.5 Å². The Bertz CT molecular complexity index is 564. The Morgan fingerprint density at radius 2 is 2.04 bits per heavy atom. The molecule has 0 spiro atoms. The van der Waals surface area contributed by atoms with Crippen molar-refractivity contribution in [1.82, 2.24) is 30.3 Å². The zero-order valence-electron chi connectivity index (χ0n) is 14.9. The summed E-state index contributed by atoms with van der Waals surface area (Å²) in [6, 6.07) is 0. The number of halogens is 1. The van der Waals surface area contributed by atoms with Crippen LogP contribution < -0.4 is 10.6 Å². The zero-order chi connectivity index (χ0) is 16.9. The second kappa shape index (κ2) is 9.19. The first-order valence-corrected chi connectivity index (χ1v) is 7.98. The van der Waals surface area contributed by atoms with Crippen LogP contribution in [0.1, 0.15) is 31.5 Å². The molecule has 0 radical (unpaired) electrons. The molecule has 9 heteroatoms. The van der Waals surface area contributed by atoms with Crippen LogP contribution in [-0.2, 0) is 18.4 Å². The minimum Gasteiger partial charge on any atom is -0.355 e. The first-order valence-electron chi connectivity index (χ1n) is 7.98. The van der Waals surface area contributed by atoms with Crippen LogP contribution in [0.5, 0.6) is 0 Å². The summed E-state index contributed by atoms with van der Waals surface area (Å²) < 4.78 is 1.86. The molecule has 1 aromatic rings. The number of aliphatic imine (C=N–C) groups is 1. The molecule has 0 bridgehead atoms. The van der Waals surface area contributed by atoms with Crippen LogP contribution in [0.25, 0.3) is 0 Å². The molecule has 1 aromatic heterocycles. The molecule has 2 rings (SSSR count). The summed E-state index contributed by atoms with van der Waals surface area (Å²) >= 11 is 0. The highest BCUT2D eigenvalue weighted by Crippen LogP contribution is 2.38. The van der Waals surface area contributed by atoms with E-state index in [9.17, 15) is 4.79 Å². The van der Waals surface area contributed by atoms with E-state index in [2.05, 4.69) is 25.8 Å². The average Bonchev–Trinajstić information content (AvgIpc) is 3.17. The normalized spacial score (nSPS) is 16.4. The van der Waals surface area contributed by atoms with Crippen LogP contribution in [0.15, 0.2) is 11.3 Å². The van der Waals surface area contributed by atoms with Gasteiger partial charge in [0.1, 0.15) is 6.33 Å². The van der Waals surface area contributed by atoms with E-state index in [-0.39, 0.29) is 35.3 Å². The van der Waals surface area contributed by atoms with Crippen molar-refractivity contribution in [2.75, 3.05) is 27.7 Å². The Morgan fingerprint density at radius 1 is 1.38 bits per heavy atom. The van der Waals surface area contributed by atoms with Gasteiger partial charge >= 0.3 is 0 Å². The number of aromatic nitrogens is 3. The first-order chi connectivity index (χ1) is 11.0. The highest BCUT2D eigenvalue weighted by atomic mass is 127. The van der Waals surface area contributed by atoms with Gasteiger partial charge in [0.25, 0.3) is 0 Å². The first kappa shape index (κ1) is 20.7. The average molecular weight is 449 g/mol. The number of aryl methyl sites for hydroxylation is 1. The number of nitrogens with zero attached hydrogens (tertiary/aromatic N) is 5. The fourth-order valence-electron chi connectivity index (χ4n) is 3.10. The lowest BCUT2D eigenvalue weighted by molar-refractivity contribution is -0.138. The van der Waals surface area contributed by atoms with Gasteiger partial charge < -0.3 is 20.1 Å². The van der Waals surface area contributed by atoms with Gasteiger partial charge in [-0.15, -0.1) is 34.2 Å². The van der Waals surface area contributed by atoms with Crippen LogP contribution in [-0.4, -0.2) is 59.2 Å². The molecule has 1 fully saturated rings. The third kappa shape index (κ3) is 4.81. The third-order valence-electron chi connectivity index (χ3n) is 4.46. The fraction of sp³-hybridized carbons (Fsp3) is 0.733. The SMILES string of the molecule is CN=C(NCc1nncn1C)NCC1(C(=O)N(C)C)CCCC1.I. The number of amides is 1. The molecule has 0 aromatic carbocycles. The monoisotopic (exact) mass is 449 g/mol. The standard InChI is InChI=1S/C15H27N7O.HI/c1-16-14(17-9-12-20-19-11-22(12)4)18-10-15(7-5-6-8-15)13(23)21(2)3;/h11H,5-10H2,1-4H3,(H2,16,17,18);1H. The molecule has 136 valence electrons. The van der Waals surface area contributed by atoms with Gasteiger partial charge in [-0.25, -0.2) is 0 Å². The molecular weight excluding hydrogens is 421 g/mol. The summed E-state index contributed by atoms with van der Waals surface area (Å²) in [5, 5.41) is 14.4. The van der Waals surface area contributed by atoms with E-state index in [1.165, 1.54) is 0 Å². The van der Waals surface area contributed by atoms with Crippen molar-refractivity contribution < 1.29 is 4.79 Å². The summed E-state index contributed by atoms with van der Waals surface area (Å²) in [4.78, 5) is 18.5. The second-order valence-electron chi connectivity index (χ2n) is 6.32. The van der Waals surface area contributed by atoms with E-state index in [0.717, 1.165) is 31.5 Å². The Hall–Kier alpha value is -1.39. The number of guanidine groups is 1. The van der Waals surface area contributed by atoms with E-state index in [1.807, 2.05) is 25.7 Å². The van der Waals surface area contributed by atoms with Gasteiger partial charge in [0.15, 0.2) is 11.8 Å². The molecule has 1 aliphatic carbocycles. The minimum atomic E-state index is -0.314. The highest BCUT2D eigenvalue weighted by Gasteiger charge is 2.42. The van der Waals surface area contributed by atoms with Gasteiger partial charge in [-0.1, -0.05) is 12.8 Å². The molecule has 24 heavy (non-hydrogen) atoms. The maximum atomic E-state index is 12.6. The van der Waals surface area contributed by atoms with Crippen LogP contribution in [0.2, 0.25) is 0 Å². The van der Waals surface area contributed by atoms with Crippen molar-refractivity contribution in [3.8, 4) is 0 Å². The molecule has 1 heterocycles. The van der Waals surface area contributed by atoms with E-state index in [1.54, 1.807) is 18.3 Å². The van der Waals surface area contributed by atoms with E-state index >= 15 is 0 Å². The predicted octanol–water partition coefficient (Wildman–Crippen LogP) is 0.747. The molecule has 1 amide bonds. The number of hydrogen-bond acceptors (Lipinski definition) is 4. The summed E-state index contributed by atoms with van der Waals surface area (Å²) in [5.74, 6) is 1.70. The number of hydrogen-bond donors (Lipinski definition) is 2. The minimum absolute atomic E-state index is 0.